The highest BCUT2D eigenvalue weighted by Gasteiger charge is 2.37. The molecule has 0 radical (unpaired) electrons. The molecule has 0 aromatic heterocycles. The molecule has 0 atom stereocenters. The third kappa shape index (κ3) is 2.93. The van der Waals surface area contributed by atoms with Crippen LogP contribution in [-0.2, 0) is 11.2 Å². The molecule has 82 valence electrons. The topological polar surface area (TPSA) is 43.1 Å². The first-order valence-electron chi connectivity index (χ1n) is 3.94. The maximum atomic E-state index is 12.6. The number of alkyl halides is 3. The predicted molar refractivity (Wildman–Crippen MR) is 45.6 cm³/mol. The van der Waals surface area contributed by atoms with Gasteiger partial charge in [0.25, 0.3) is 0 Å². The number of carbonyl (C=O) groups is 1. The van der Waals surface area contributed by atoms with Crippen LogP contribution in [0.25, 0.3) is 0 Å². The van der Waals surface area contributed by atoms with Gasteiger partial charge in [-0.2, -0.15) is 13.2 Å². The summed E-state index contributed by atoms with van der Waals surface area (Å²) in [5.74, 6) is -2.60. The van der Waals surface area contributed by atoms with Crippen molar-refractivity contribution in [2.75, 3.05) is 5.73 Å². The van der Waals surface area contributed by atoms with Crippen molar-refractivity contribution in [2.45, 2.75) is 12.6 Å². The van der Waals surface area contributed by atoms with Gasteiger partial charge in [0.05, 0.1) is 5.69 Å². The summed E-state index contributed by atoms with van der Waals surface area (Å²) in [6, 6.07) is 3.03. The third-order valence-electron chi connectivity index (χ3n) is 1.74. The molecule has 0 fully saturated rings. The van der Waals surface area contributed by atoms with E-state index >= 15 is 0 Å². The van der Waals surface area contributed by atoms with Crippen LogP contribution < -0.4 is 5.73 Å². The van der Waals surface area contributed by atoms with E-state index in [9.17, 15) is 22.4 Å². The second kappa shape index (κ2) is 3.88. The summed E-state index contributed by atoms with van der Waals surface area (Å²) in [4.78, 5) is 10.6. The zero-order valence-electron chi connectivity index (χ0n) is 7.44. The number of rotatable bonds is 2. The van der Waals surface area contributed by atoms with Crippen molar-refractivity contribution in [3.8, 4) is 0 Å². The molecule has 0 unspecified atom stereocenters. The Labute approximate surface area is 82.7 Å². The van der Waals surface area contributed by atoms with Gasteiger partial charge in [-0.05, 0) is 17.7 Å². The van der Waals surface area contributed by atoms with Gasteiger partial charge in [0.2, 0.25) is 5.78 Å². The first kappa shape index (κ1) is 11.5. The largest absolute Gasteiger partial charge is 0.450 e. The molecule has 0 aliphatic carbocycles. The summed E-state index contributed by atoms with van der Waals surface area (Å²) < 4.78 is 48.2. The fourth-order valence-electron chi connectivity index (χ4n) is 0.989. The number of Topliss-reactive ketones (excluding diaryl/α,β-unsaturated/α-hetero) is 1. The molecule has 6 heteroatoms. The second-order valence-electron chi connectivity index (χ2n) is 2.95. The highest BCUT2D eigenvalue weighted by molar-refractivity contribution is 5.86. The molecule has 15 heavy (non-hydrogen) atoms. The van der Waals surface area contributed by atoms with Crippen molar-refractivity contribution in [1.82, 2.24) is 0 Å². The number of nitrogens with two attached hydrogens (primary N) is 1. The van der Waals surface area contributed by atoms with Crippen molar-refractivity contribution in [1.29, 1.82) is 0 Å². The second-order valence-corrected chi connectivity index (χ2v) is 2.95. The Morgan fingerprint density at radius 3 is 2.40 bits per heavy atom. The average Bonchev–Trinajstić information content (AvgIpc) is 2.10. The lowest BCUT2D eigenvalue weighted by Crippen LogP contribution is -2.24. The Bertz CT molecular complexity index is 386. The summed E-state index contributed by atoms with van der Waals surface area (Å²) in [5, 5.41) is 0. The van der Waals surface area contributed by atoms with E-state index in [2.05, 4.69) is 0 Å². The van der Waals surface area contributed by atoms with Gasteiger partial charge < -0.3 is 5.73 Å². The van der Waals surface area contributed by atoms with Crippen LogP contribution in [0.3, 0.4) is 0 Å². The number of anilines is 1. The lowest BCUT2D eigenvalue weighted by Gasteiger charge is -2.05. The molecule has 0 aliphatic heterocycles. The van der Waals surface area contributed by atoms with Gasteiger partial charge in [-0.1, -0.05) is 6.07 Å². The molecule has 1 rings (SSSR count). The van der Waals surface area contributed by atoms with Crippen molar-refractivity contribution >= 4 is 11.5 Å². The zero-order valence-corrected chi connectivity index (χ0v) is 7.44. The Kier molecular flexibility index (Phi) is 2.97. The highest BCUT2D eigenvalue weighted by atomic mass is 19.4. The first-order chi connectivity index (χ1) is 6.80. The molecule has 0 bridgehead atoms. The number of hydrogen-bond acceptors (Lipinski definition) is 2. The zero-order chi connectivity index (χ0) is 11.6. The summed E-state index contributed by atoms with van der Waals surface area (Å²) in [7, 11) is 0. The minimum atomic E-state index is -4.87. The van der Waals surface area contributed by atoms with Crippen molar-refractivity contribution < 1.29 is 22.4 Å². The van der Waals surface area contributed by atoms with E-state index in [1.54, 1.807) is 0 Å². The van der Waals surface area contributed by atoms with Crippen LogP contribution in [0.2, 0.25) is 0 Å². The van der Waals surface area contributed by atoms with Gasteiger partial charge in [-0.25, -0.2) is 4.39 Å². The molecule has 1 aromatic rings. The number of ketones is 1. The molecule has 0 saturated heterocycles. The van der Waals surface area contributed by atoms with Gasteiger partial charge in [-0.3, -0.25) is 4.79 Å². The van der Waals surface area contributed by atoms with Gasteiger partial charge in [0, 0.05) is 6.42 Å². The van der Waals surface area contributed by atoms with Crippen molar-refractivity contribution in [3.05, 3.63) is 29.6 Å². The van der Waals surface area contributed by atoms with Crippen molar-refractivity contribution in [2.24, 2.45) is 0 Å². The normalized spacial score (nSPS) is 11.5. The molecular formula is C9H7F4NO. The van der Waals surface area contributed by atoms with Crippen molar-refractivity contribution in [3.63, 3.8) is 0 Å². The minimum absolute atomic E-state index is 0.0382. The van der Waals surface area contributed by atoms with E-state index in [1.807, 2.05) is 0 Å². The van der Waals surface area contributed by atoms with E-state index in [0.717, 1.165) is 18.2 Å². The van der Waals surface area contributed by atoms with E-state index in [-0.39, 0.29) is 11.3 Å². The van der Waals surface area contributed by atoms with E-state index in [4.69, 9.17) is 5.73 Å². The number of hydrogen-bond donors (Lipinski definition) is 1. The SMILES string of the molecule is Nc1cc(CC(=O)C(F)(F)F)ccc1F. The summed E-state index contributed by atoms with van der Waals surface area (Å²) in [6.07, 6.45) is -5.70. The third-order valence-corrected chi connectivity index (χ3v) is 1.74. The van der Waals surface area contributed by atoms with Crippen LogP contribution in [0.1, 0.15) is 5.56 Å². The van der Waals surface area contributed by atoms with E-state index in [1.165, 1.54) is 0 Å². The highest BCUT2D eigenvalue weighted by Crippen LogP contribution is 2.20. The standard InChI is InChI=1S/C9H7F4NO/c10-6-2-1-5(3-7(6)14)4-8(15)9(11,12)13/h1-3H,4,14H2. The Morgan fingerprint density at radius 2 is 1.93 bits per heavy atom. The quantitative estimate of drug-likeness (QED) is 0.613. The number of carbonyl (C=O) groups excluding carboxylic acids is 1. The molecule has 0 amide bonds. The average molecular weight is 221 g/mol. The molecule has 0 aliphatic rings. The smallest absolute Gasteiger partial charge is 0.396 e. The minimum Gasteiger partial charge on any atom is -0.396 e. The van der Waals surface area contributed by atoms with Gasteiger partial charge in [-0.15, -0.1) is 0 Å². The van der Waals surface area contributed by atoms with Gasteiger partial charge >= 0.3 is 6.18 Å². The lowest BCUT2D eigenvalue weighted by molar-refractivity contribution is -0.170. The molecule has 0 spiro atoms. The maximum absolute atomic E-state index is 12.6. The Balaban J connectivity index is 2.83. The lowest BCUT2D eigenvalue weighted by atomic mass is 10.1. The van der Waals surface area contributed by atoms with Crippen LogP contribution in [0, 0.1) is 5.82 Å². The van der Waals surface area contributed by atoms with Crippen LogP contribution in [-0.4, -0.2) is 12.0 Å². The van der Waals surface area contributed by atoms with Crippen LogP contribution in [0.5, 0.6) is 0 Å². The number of nitrogen functional groups attached to an aromatic ring is 1. The number of halogens is 4. The molecule has 0 heterocycles. The predicted octanol–water partition coefficient (Wildman–Crippen LogP) is 2.08. The first-order valence-corrected chi connectivity index (χ1v) is 3.94. The van der Waals surface area contributed by atoms with E-state index < -0.39 is 24.2 Å². The summed E-state index contributed by atoms with van der Waals surface area (Å²) >= 11 is 0. The Morgan fingerprint density at radius 1 is 1.33 bits per heavy atom. The van der Waals surface area contributed by atoms with E-state index in [0.29, 0.717) is 0 Å². The molecular weight excluding hydrogens is 214 g/mol. The summed E-state index contributed by atoms with van der Waals surface area (Å²) in [6.45, 7) is 0. The fraction of sp³-hybridized carbons (Fsp3) is 0.222. The molecule has 1 aromatic carbocycles. The van der Waals surface area contributed by atoms with Crippen LogP contribution in [0.15, 0.2) is 18.2 Å². The maximum Gasteiger partial charge on any atom is 0.450 e. The van der Waals surface area contributed by atoms with Gasteiger partial charge in [0.1, 0.15) is 5.82 Å². The van der Waals surface area contributed by atoms with Crippen LogP contribution >= 0.6 is 0 Å². The van der Waals surface area contributed by atoms with Crippen LogP contribution in [0.4, 0.5) is 23.2 Å². The number of benzene rings is 1. The van der Waals surface area contributed by atoms with Gasteiger partial charge in [0.15, 0.2) is 0 Å². The Hall–Kier alpha value is -1.59. The summed E-state index contributed by atoms with van der Waals surface area (Å²) in [5.41, 5.74) is 4.90. The monoisotopic (exact) mass is 221 g/mol. The fourth-order valence-corrected chi connectivity index (χ4v) is 0.989. The molecule has 0 saturated carbocycles. The molecule has 2 nitrogen and oxygen atoms in total. The molecule has 2 N–H and O–H groups in total.